The third-order valence-electron chi connectivity index (χ3n) is 3.97. The van der Waals surface area contributed by atoms with E-state index >= 15 is 0 Å². The van der Waals surface area contributed by atoms with Crippen LogP contribution in [0.1, 0.15) is 18.3 Å². The van der Waals surface area contributed by atoms with Gasteiger partial charge in [-0.1, -0.05) is 31.2 Å². The second kappa shape index (κ2) is 8.34. The summed E-state index contributed by atoms with van der Waals surface area (Å²) in [4.78, 5) is 28.1. The lowest BCUT2D eigenvalue weighted by molar-refractivity contribution is -0.116. The molecule has 0 aliphatic carbocycles. The molecule has 2 aromatic rings. The summed E-state index contributed by atoms with van der Waals surface area (Å²) in [6.45, 7) is 3.55. The molecule has 0 radical (unpaired) electrons. The number of aryl methyl sites for hydroxylation is 1. The average molecular weight is 356 g/mol. The maximum absolute atomic E-state index is 12.5. The largest absolute Gasteiger partial charge is 0.378 e. The zero-order valence-electron chi connectivity index (χ0n) is 14.4. The minimum atomic E-state index is -0.471. The van der Waals surface area contributed by atoms with Gasteiger partial charge in [-0.05, 0) is 17.2 Å². The summed E-state index contributed by atoms with van der Waals surface area (Å²) in [5.41, 5.74) is 2.05. The number of amides is 1. The maximum atomic E-state index is 12.5. The SMILES string of the molecule is CCc1ccc(-c2n[nH]c(/C3=C(\N=O)NCCOCCNC3=O)n2)cc1. The zero-order valence-corrected chi connectivity index (χ0v) is 14.4. The summed E-state index contributed by atoms with van der Waals surface area (Å²) < 4.78 is 5.29. The van der Waals surface area contributed by atoms with E-state index in [2.05, 4.69) is 37.9 Å². The van der Waals surface area contributed by atoms with Gasteiger partial charge in [0.25, 0.3) is 5.91 Å². The van der Waals surface area contributed by atoms with Gasteiger partial charge in [-0.3, -0.25) is 9.89 Å². The van der Waals surface area contributed by atoms with Crippen LogP contribution in [-0.2, 0) is 16.0 Å². The standard InChI is InChI=1S/C17H20N6O3/c1-2-11-3-5-12(6-4-11)14-20-16(22-21-14)13-15(23-25)18-7-9-26-10-8-19-17(13)24/h3-6,18H,2,7-10H2,1H3,(H,19,24)(H,20,21,22)/b15-13+. The van der Waals surface area contributed by atoms with E-state index in [1.54, 1.807) is 0 Å². The van der Waals surface area contributed by atoms with E-state index in [0.29, 0.717) is 32.1 Å². The molecule has 136 valence electrons. The second-order valence-electron chi connectivity index (χ2n) is 5.67. The van der Waals surface area contributed by atoms with E-state index in [1.807, 2.05) is 24.3 Å². The van der Waals surface area contributed by atoms with Crippen LogP contribution >= 0.6 is 0 Å². The van der Waals surface area contributed by atoms with Crippen molar-refractivity contribution in [1.82, 2.24) is 25.8 Å². The summed E-state index contributed by atoms with van der Waals surface area (Å²) >= 11 is 0. The van der Waals surface area contributed by atoms with Crippen LogP contribution in [0.2, 0.25) is 0 Å². The van der Waals surface area contributed by atoms with Crippen molar-refractivity contribution in [3.8, 4) is 11.4 Å². The first-order valence-corrected chi connectivity index (χ1v) is 8.42. The van der Waals surface area contributed by atoms with Crippen LogP contribution in [0.15, 0.2) is 35.3 Å². The lowest BCUT2D eigenvalue weighted by Gasteiger charge is -2.13. The molecule has 1 aliphatic heterocycles. The molecule has 0 saturated heterocycles. The zero-order chi connectivity index (χ0) is 18.4. The molecule has 0 spiro atoms. The molecule has 9 nitrogen and oxygen atoms in total. The van der Waals surface area contributed by atoms with Crippen molar-refractivity contribution in [3.63, 3.8) is 0 Å². The van der Waals surface area contributed by atoms with Crippen LogP contribution in [0.4, 0.5) is 0 Å². The van der Waals surface area contributed by atoms with E-state index in [1.165, 1.54) is 5.56 Å². The number of hydrogen-bond acceptors (Lipinski definition) is 7. The Balaban J connectivity index is 1.95. The van der Waals surface area contributed by atoms with Gasteiger partial charge in [-0.2, -0.15) is 5.10 Å². The van der Waals surface area contributed by atoms with Gasteiger partial charge < -0.3 is 15.4 Å². The van der Waals surface area contributed by atoms with Gasteiger partial charge in [0, 0.05) is 18.7 Å². The van der Waals surface area contributed by atoms with E-state index in [-0.39, 0.29) is 17.2 Å². The summed E-state index contributed by atoms with van der Waals surface area (Å²) in [5, 5.41) is 15.3. The maximum Gasteiger partial charge on any atom is 0.259 e. The average Bonchev–Trinajstić information content (AvgIpc) is 3.15. The normalized spacial score (nSPS) is 18.7. The molecule has 1 aliphatic rings. The molecular formula is C17H20N6O3. The minimum absolute atomic E-state index is 0.0332. The number of nitrogens with zero attached hydrogens (tertiary/aromatic N) is 3. The third-order valence-corrected chi connectivity index (χ3v) is 3.97. The molecule has 26 heavy (non-hydrogen) atoms. The second-order valence-corrected chi connectivity index (χ2v) is 5.67. The van der Waals surface area contributed by atoms with Gasteiger partial charge in [0.1, 0.15) is 5.57 Å². The predicted molar refractivity (Wildman–Crippen MR) is 95.7 cm³/mol. The number of H-pyrrole nitrogens is 1. The van der Waals surface area contributed by atoms with Crippen LogP contribution in [0.25, 0.3) is 17.0 Å². The number of ether oxygens (including phenoxy) is 1. The van der Waals surface area contributed by atoms with Crippen molar-refractivity contribution in [2.24, 2.45) is 5.18 Å². The number of benzene rings is 1. The quantitative estimate of drug-likeness (QED) is 0.708. The number of aromatic nitrogens is 3. The number of nitroso groups, excluding NO2 is 1. The Morgan fingerprint density at radius 3 is 2.58 bits per heavy atom. The molecule has 0 saturated carbocycles. The summed E-state index contributed by atoms with van der Waals surface area (Å²) in [6.07, 6.45) is 0.941. The summed E-state index contributed by atoms with van der Waals surface area (Å²) in [6, 6.07) is 7.84. The first kappa shape index (κ1) is 17.7. The van der Waals surface area contributed by atoms with Crippen LogP contribution in [0.3, 0.4) is 0 Å². The minimum Gasteiger partial charge on any atom is -0.378 e. The molecule has 0 unspecified atom stereocenters. The molecular weight excluding hydrogens is 336 g/mol. The Morgan fingerprint density at radius 1 is 1.15 bits per heavy atom. The summed E-state index contributed by atoms with van der Waals surface area (Å²) in [7, 11) is 0. The Bertz CT molecular complexity index is 812. The van der Waals surface area contributed by atoms with Crippen molar-refractivity contribution in [2.75, 3.05) is 26.3 Å². The smallest absolute Gasteiger partial charge is 0.259 e. The van der Waals surface area contributed by atoms with E-state index < -0.39 is 5.91 Å². The monoisotopic (exact) mass is 356 g/mol. The molecule has 0 atom stereocenters. The highest BCUT2D eigenvalue weighted by atomic mass is 16.5. The van der Waals surface area contributed by atoms with Gasteiger partial charge in [-0.15, -0.1) is 4.91 Å². The van der Waals surface area contributed by atoms with Crippen molar-refractivity contribution in [2.45, 2.75) is 13.3 Å². The molecule has 2 heterocycles. The van der Waals surface area contributed by atoms with Crippen LogP contribution in [-0.4, -0.2) is 47.4 Å². The Kier molecular flexibility index (Phi) is 5.69. The van der Waals surface area contributed by atoms with Crippen LogP contribution in [0, 0.1) is 4.91 Å². The summed E-state index contributed by atoms with van der Waals surface area (Å²) in [5.74, 6) is 0.0490. The Labute approximate surface area is 150 Å². The fourth-order valence-electron chi connectivity index (χ4n) is 2.55. The highest BCUT2D eigenvalue weighted by Crippen LogP contribution is 2.20. The van der Waals surface area contributed by atoms with Crippen LogP contribution < -0.4 is 10.6 Å². The lowest BCUT2D eigenvalue weighted by atomic mass is 10.1. The number of carbonyl (C=O) groups excluding carboxylic acids is 1. The predicted octanol–water partition coefficient (Wildman–Crippen LogP) is 1.21. The van der Waals surface area contributed by atoms with Crippen molar-refractivity contribution >= 4 is 11.5 Å². The molecule has 3 N–H and O–H groups in total. The van der Waals surface area contributed by atoms with Crippen molar-refractivity contribution in [1.29, 1.82) is 0 Å². The fraction of sp³-hybridized carbons (Fsp3) is 0.353. The van der Waals surface area contributed by atoms with Gasteiger partial charge in [0.15, 0.2) is 17.5 Å². The first-order chi connectivity index (χ1) is 12.7. The first-order valence-electron chi connectivity index (χ1n) is 8.42. The van der Waals surface area contributed by atoms with E-state index in [4.69, 9.17) is 4.74 Å². The number of carbonyl (C=O) groups is 1. The van der Waals surface area contributed by atoms with Crippen molar-refractivity contribution < 1.29 is 9.53 Å². The van der Waals surface area contributed by atoms with E-state index in [9.17, 15) is 9.70 Å². The fourth-order valence-corrected chi connectivity index (χ4v) is 2.55. The highest BCUT2D eigenvalue weighted by molar-refractivity contribution is 6.19. The Hall–Kier alpha value is -3.07. The van der Waals surface area contributed by atoms with Gasteiger partial charge in [0.05, 0.1) is 13.2 Å². The number of nitrogens with one attached hydrogen (secondary N) is 3. The van der Waals surface area contributed by atoms with Gasteiger partial charge >= 0.3 is 0 Å². The number of rotatable bonds is 4. The Morgan fingerprint density at radius 2 is 1.88 bits per heavy atom. The topological polar surface area (TPSA) is 121 Å². The molecule has 0 bridgehead atoms. The molecule has 1 amide bonds. The highest BCUT2D eigenvalue weighted by Gasteiger charge is 2.23. The molecule has 0 fully saturated rings. The van der Waals surface area contributed by atoms with Gasteiger partial charge in [0.2, 0.25) is 0 Å². The molecule has 1 aromatic heterocycles. The molecule has 3 rings (SSSR count). The molecule has 9 heteroatoms. The number of aromatic amines is 1. The number of hydrogen-bond donors (Lipinski definition) is 3. The third kappa shape index (κ3) is 3.94. The lowest BCUT2D eigenvalue weighted by Crippen LogP contribution is -2.33. The van der Waals surface area contributed by atoms with Crippen molar-refractivity contribution in [3.05, 3.63) is 46.4 Å². The van der Waals surface area contributed by atoms with Crippen LogP contribution in [0.5, 0.6) is 0 Å². The van der Waals surface area contributed by atoms with E-state index in [0.717, 1.165) is 12.0 Å². The molecule has 1 aromatic carbocycles. The van der Waals surface area contributed by atoms with Gasteiger partial charge in [-0.25, -0.2) is 4.98 Å².